The zero-order valence-corrected chi connectivity index (χ0v) is 22.6. The molecule has 0 aliphatic carbocycles. The fourth-order valence-electron chi connectivity index (χ4n) is 4.68. The van der Waals surface area contributed by atoms with Crippen LogP contribution in [0.15, 0.2) is 54.7 Å². The molecule has 1 unspecified atom stereocenters. The van der Waals surface area contributed by atoms with Gasteiger partial charge in [-0.1, -0.05) is 12.1 Å². The zero-order valence-electron chi connectivity index (χ0n) is 22.6. The third-order valence-electron chi connectivity index (χ3n) is 6.96. The molecule has 1 saturated heterocycles. The summed E-state index contributed by atoms with van der Waals surface area (Å²) in [5, 5.41) is 31.0. The molecule has 0 radical (unpaired) electrons. The number of carbonyl (C=O) groups is 1. The lowest BCUT2D eigenvalue weighted by Crippen LogP contribution is -2.54. The summed E-state index contributed by atoms with van der Waals surface area (Å²) in [6, 6.07) is 13.3. The monoisotopic (exact) mass is 602 g/mol. The molecule has 224 valence electrons. The van der Waals surface area contributed by atoms with Crippen LogP contribution in [0.2, 0.25) is 0 Å². The molecule has 1 amide bonds. The van der Waals surface area contributed by atoms with Crippen molar-refractivity contribution >= 4 is 17.3 Å². The smallest absolute Gasteiger partial charge is 0.379 e. The number of hydrogen-bond acceptors (Lipinski definition) is 7. The van der Waals surface area contributed by atoms with E-state index in [4.69, 9.17) is 10.5 Å². The molecule has 4 rings (SSSR count). The first-order valence-electron chi connectivity index (χ1n) is 12.8. The normalized spacial score (nSPS) is 15.7. The summed E-state index contributed by atoms with van der Waals surface area (Å²) in [6.45, 7) is 3.03. The van der Waals surface area contributed by atoms with Crippen LogP contribution in [0.25, 0.3) is 11.1 Å². The highest BCUT2D eigenvalue weighted by Crippen LogP contribution is 2.35. The van der Waals surface area contributed by atoms with Crippen molar-refractivity contribution in [3.05, 3.63) is 77.1 Å². The van der Waals surface area contributed by atoms with Crippen LogP contribution in [0, 0.1) is 22.7 Å². The number of hydrogen-bond donors (Lipinski definition) is 2. The predicted octanol–water partition coefficient (Wildman–Crippen LogP) is 5.04. The number of carbonyl (C=O) groups excluding carboxylic acids is 1. The van der Waals surface area contributed by atoms with Crippen molar-refractivity contribution in [2.75, 3.05) is 42.9 Å². The van der Waals surface area contributed by atoms with Gasteiger partial charge in [0.1, 0.15) is 6.07 Å². The number of aromatic nitrogens is 1. The van der Waals surface area contributed by atoms with Gasteiger partial charge in [0, 0.05) is 55.9 Å². The molecule has 2 N–H and O–H groups in total. The Kier molecular flexibility index (Phi) is 8.67. The zero-order chi connectivity index (χ0) is 31.6. The maximum absolute atomic E-state index is 13.3. The molecule has 1 fully saturated rings. The summed E-state index contributed by atoms with van der Waals surface area (Å²) < 4.78 is 79.7. The SMILES string of the molecule is CC(O)(CN1CCN(c2ccc(-c3cnc(C#N)c(C(F)(F)F)c3)cc2)CC1)C(=O)Nc1ccc(C#N)c(C(F)(F)F)c1. The molecule has 2 heterocycles. The molecule has 3 aromatic rings. The number of nitrogens with zero attached hydrogens (tertiary/aromatic N) is 5. The average molecular weight is 603 g/mol. The van der Waals surface area contributed by atoms with Crippen molar-refractivity contribution in [3.8, 4) is 23.3 Å². The number of halogens is 6. The van der Waals surface area contributed by atoms with E-state index in [1.165, 1.54) is 25.3 Å². The third-order valence-corrected chi connectivity index (χ3v) is 6.96. The average Bonchev–Trinajstić information content (AvgIpc) is 2.96. The van der Waals surface area contributed by atoms with Gasteiger partial charge in [0.15, 0.2) is 11.3 Å². The van der Waals surface area contributed by atoms with Crippen LogP contribution in [0.1, 0.15) is 29.3 Å². The van der Waals surface area contributed by atoms with Crippen LogP contribution < -0.4 is 10.2 Å². The number of nitrogens with one attached hydrogen (secondary N) is 1. The second kappa shape index (κ2) is 11.9. The lowest BCUT2D eigenvalue weighted by atomic mass is 10.0. The van der Waals surface area contributed by atoms with Gasteiger partial charge >= 0.3 is 12.4 Å². The highest BCUT2D eigenvalue weighted by atomic mass is 19.4. The third kappa shape index (κ3) is 7.23. The summed E-state index contributed by atoms with van der Waals surface area (Å²) in [4.78, 5) is 20.2. The van der Waals surface area contributed by atoms with Gasteiger partial charge in [-0.25, -0.2) is 4.98 Å². The van der Waals surface area contributed by atoms with Crippen molar-refractivity contribution in [3.63, 3.8) is 0 Å². The van der Waals surface area contributed by atoms with Gasteiger partial charge in [-0.3, -0.25) is 9.69 Å². The number of aliphatic hydroxyl groups is 1. The molecule has 43 heavy (non-hydrogen) atoms. The Morgan fingerprint density at radius 2 is 1.53 bits per heavy atom. The molecule has 1 aromatic heterocycles. The number of pyridine rings is 1. The van der Waals surface area contributed by atoms with E-state index in [1.54, 1.807) is 24.3 Å². The standard InChI is InChI=1S/C29H24F6N6O2/c1-27(43,26(42)39-21-5-2-19(14-36)23(13-21)28(30,31)32)17-40-8-10-41(11-9-40)22-6-3-18(4-7-22)20-12-24(29(33,34)35)25(15-37)38-16-20/h2-7,12-13,16,43H,8-11,17H2,1H3,(H,39,42). The second-order valence-corrected chi connectivity index (χ2v) is 10.1. The van der Waals surface area contributed by atoms with E-state index in [9.17, 15) is 36.2 Å². The van der Waals surface area contributed by atoms with Crippen LogP contribution in [0.4, 0.5) is 37.7 Å². The van der Waals surface area contributed by atoms with Crippen LogP contribution in [0.5, 0.6) is 0 Å². The highest BCUT2D eigenvalue weighted by Gasteiger charge is 2.37. The Bertz CT molecular complexity index is 1580. The summed E-state index contributed by atoms with van der Waals surface area (Å²) in [6.07, 6.45) is -8.31. The van der Waals surface area contributed by atoms with E-state index in [0.717, 1.165) is 23.9 Å². The fraction of sp³-hybridized carbons (Fsp3) is 0.310. The minimum atomic E-state index is -4.80. The van der Waals surface area contributed by atoms with Gasteiger partial charge < -0.3 is 15.3 Å². The van der Waals surface area contributed by atoms with Gasteiger partial charge in [-0.2, -0.15) is 36.9 Å². The Balaban J connectivity index is 1.36. The van der Waals surface area contributed by atoms with Crippen LogP contribution in [-0.4, -0.2) is 59.2 Å². The lowest BCUT2D eigenvalue weighted by Gasteiger charge is -2.38. The maximum Gasteiger partial charge on any atom is 0.419 e. The molecule has 1 atom stereocenters. The van der Waals surface area contributed by atoms with Gasteiger partial charge in [0.25, 0.3) is 5.91 Å². The Hall–Kier alpha value is -4.66. The number of amides is 1. The molecular weight excluding hydrogens is 578 g/mol. The second-order valence-electron chi connectivity index (χ2n) is 10.1. The number of rotatable bonds is 6. The number of piperazine rings is 1. The minimum absolute atomic E-state index is 0.0960. The summed E-state index contributed by atoms with van der Waals surface area (Å²) in [5.41, 5.74) is -4.27. The van der Waals surface area contributed by atoms with E-state index in [-0.39, 0.29) is 17.8 Å². The van der Waals surface area contributed by atoms with E-state index >= 15 is 0 Å². The first-order valence-corrected chi connectivity index (χ1v) is 12.8. The van der Waals surface area contributed by atoms with Gasteiger partial charge in [0.2, 0.25) is 0 Å². The van der Waals surface area contributed by atoms with Crippen LogP contribution in [-0.2, 0) is 17.1 Å². The molecule has 14 heteroatoms. The Morgan fingerprint density at radius 1 is 0.907 bits per heavy atom. The number of alkyl halides is 6. The van der Waals surface area contributed by atoms with Gasteiger partial charge in [-0.05, 0) is 48.9 Å². The predicted molar refractivity (Wildman–Crippen MR) is 143 cm³/mol. The van der Waals surface area contributed by atoms with E-state index < -0.39 is 46.2 Å². The van der Waals surface area contributed by atoms with E-state index in [1.807, 2.05) is 9.80 Å². The van der Waals surface area contributed by atoms with Crippen molar-refractivity contribution in [2.24, 2.45) is 0 Å². The highest BCUT2D eigenvalue weighted by molar-refractivity contribution is 5.97. The molecule has 0 bridgehead atoms. The molecule has 8 nitrogen and oxygen atoms in total. The Labute approximate surface area is 242 Å². The lowest BCUT2D eigenvalue weighted by molar-refractivity contribution is -0.138. The first kappa shape index (κ1) is 31.3. The first-order chi connectivity index (χ1) is 20.1. The number of anilines is 2. The minimum Gasteiger partial charge on any atom is -0.379 e. The molecule has 2 aromatic carbocycles. The van der Waals surface area contributed by atoms with Crippen molar-refractivity contribution < 1.29 is 36.2 Å². The largest absolute Gasteiger partial charge is 0.419 e. The molecule has 1 aliphatic heterocycles. The Morgan fingerprint density at radius 3 is 2.09 bits per heavy atom. The molecule has 1 aliphatic rings. The summed E-state index contributed by atoms with van der Waals surface area (Å²) >= 11 is 0. The topological polar surface area (TPSA) is 116 Å². The van der Waals surface area contributed by atoms with Gasteiger partial charge in [0.05, 0.1) is 22.8 Å². The molecular formula is C29H24F6N6O2. The van der Waals surface area contributed by atoms with Crippen molar-refractivity contribution in [1.29, 1.82) is 10.5 Å². The fourth-order valence-corrected chi connectivity index (χ4v) is 4.68. The quantitative estimate of drug-likeness (QED) is 0.380. The molecule has 0 spiro atoms. The van der Waals surface area contributed by atoms with Crippen LogP contribution >= 0.6 is 0 Å². The van der Waals surface area contributed by atoms with Crippen LogP contribution in [0.3, 0.4) is 0 Å². The van der Waals surface area contributed by atoms with Crippen molar-refractivity contribution in [1.82, 2.24) is 9.88 Å². The van der Waals surface area contributed by atoms with E-state index in [2.05, 4.69) is 10.3 Å². The summed E-state index contributed by atoms with van der Waals surface area (Å²) in [7, 11) is 0. The number of β-amino-alcohol motifs (C(OH)–C–C–N with tert-alkyl or cyclic N) is 1. The number of benzene rings is 2. The van der Waals surface area contributed by atoms with E-state index in [0.29, 0.717) is 37.8 Å². The molecule has 0 saturated carbocycles. The van der Waals surface area contributed by atoms with Gasteiger partial charge in [-0.15, -0.1) is 0 Å². The maximum atomic E-state index is 13.3. The number of nitriles is 2. The summed E-state index contributed by atoms with van der Waals surface area (Å²) in [5.74, 6) is -0.908. The van der Waals surface area contributed by atoms with Crippen molar-refractivity contribution in [2.45, 2.75) is 24.9 Å².